The predicted octanol–water partition coefficient (Wildman–Crippen LogP) is 2.46. The quantitative estimate of drug-likeness (QED) is 0.818. The van der Waals surface area contributed by atoms with Crippen molar-refractivity contribution in [1.29, 1.82) is 0 Å². The minimum absolute atomic E-state index is 0.251. The Labute approximate surface area is 127 Å². The molecule has 0 amide bonds. The predicted molar refractivity (Wildman–Crippen MR) is 84.7 cm³/mol. The Bertz CT molecular complexity index is 452. The van der Waals surface area contributed by atoms with Crippen LogP contribution in [0.4, 0.5) is 5.69 Å². The van der Waals surface area contributed by atoms with Crippen LogP contribution in [0.15, 0.2) is 18.2 Å². The molecule has 2 heterocycles. The van der Waals surface area contributed by atoms with Gasteiger partial charge in [0, 0.05) is 24.9 Å². The van der Waals surface area contributed by atoms with E-state index in [9.17, 15) is 0 Å². The number of hydrogen-bond donors (Lipinski definition) is 1. The second-order valence-corrected chi connectivity index (χ2v) is 6.11. The molecule has 1 atom stereocenters. The highest BCUT2D eigenvalue weighted by atomic mass is 16.5. The van der Waals surface area contributed by atoms with Crippen molar-refractivity contribution in [3.63, 3.8) is 0 Å². The van der Waals surface area contributed by atoms with E-state index in [0.29, 0.717) is 6.61 Å². The lowest BCUT2D eigenvalue weighted by Crippen LogP contribution is -2.22. The topological polar surface area (TPSA) is 47.7 Å². The van der Waals surface area contributed by atoms with Gasteiger partial charge < -0.3 is 20.1 Å². The van der Waals surface area contributed by atoms with Crippen molar-refractivity contribution in [3.05, 3.63) is 23.8 Å². The van der Waals surface area contributed by atoms with E-state index in [4.69, 9.17) is 15.2 Å². The third-order valence-electron chi connectivity index (χ3n) is 4.47. The number of benzene rings is 1. The van der Waals surface area contributed by atoms with Crippen LogP contribution in [0.5, 0.6) is 5.75 Å². The number of nitrogen functional groups attached to an aromatic ring is 1. The standard InChI is InChI=1S/C17H26N2O2/c18-17-12-15(21-13-16-4-3-11-20-16)6-5-14(17)7-10-19-8-1-2-9-19/h5-6,12,16H,1-4,7-11,13,18H2. The Morgan fingerprint density at radius 1 is 1.24 bits per heavy atom. The molecule has 0 radical (unpaired) electrons. The van der Waals surface area contributed by atoms with E-state index in [-0.39, 0.29) is 6.10 Å². The first-order chi connectivity index (χ1) is 10.3. The molecule has 3 rings (SSSR count). The fraction of sp³-hybridized carbons (Fsp3) is 0.647. The Kier molecular flexibility index (Phi) is 4.99. The van der Waals surface area contributed by atoms with Gasteiger partial charge in [0.2, 0.25) is 0 Å². The van der Waals surface area contributed by atoms with Crippen LogP contribution in [-0.4, -0.2) is 43.9 Å². The lowest BCUT2D eigenvalue weighted by atomic mass is 10.1. The average molecular weight is 290 g/mol. The summed E-state index contributed by atoms with van der Waals surface area (Å²) in [5, 5.41) is 0. The summed E-state index contributed by atoms with van der Waals surface area (Å²) < 4.78 is 11.4. The third-order valence-corrected chi connectivity index (χ3v) is 4.47. The molecule has 2 saturated heterocycles. The van der Waals surface area contributed by atoms with E-state index in [1.807, 2.05) is 12.1 Å². The fourth-order valence-corrected chi connectivity index (χ4v) is 3.14. The fourth-order valence-electron chi connectivity index (χ4n) is 3.14. The minimum atomic E-state index is 0.251. The average Bonchev–Trinajstić information content (AvgIpc) is 3.17. The van der Waals surface area contributed by atoms with E-state index in [1.165, 1.54) is 31.5 Å². The van der Waals surface area contributed by atoms with Crippen molar-refractivity contribution in [3.8, 4) is 5.75 Å². The highest BCUT2D eigenvalue weighted by molar-refractivity contribution is 5.51. The van der Waals surface area contributed by atoms with Gasteiger partial charge in [0.05, 0.1) is 6.10 Å². The second kappa shape index (κ2) is 7.14. The van der Waals surface area contributed by atoms with Gasteiger partial charge in [-0.05, 0) is 56.8 Å². The number of likely N-dealkylation sites (tertiary alicyclic amines) is 1. The highest BCUT2D eigenvalue weighted by Gasteiger charge is 2.16. The molecule has 0 aliphatic carbocycles. The maximum Gasteiger partial charge on any atom is 0.121 e. The molecular formula is C17H26N2O2. The highest BCUT2D eigenvalue weighted by Crippen LogP contribution is 2.22. The maximum atomic E-state index is 6.16. The van der Waals surface area contributed by atoms with Crippen LogP contribution in [0.3, 0.4) is 0 Å². The van der Waals surface area contributed by atoms with Gasteiger partial charge in [-0.25, -0.2) is 0 Å². The number of hydrogen-bond acceptors (Lipinski definition) is 4. The Morgan fingerprint density at radius 2 is 2.10 bits per heavy atom. The van der Waals surface area contributed by atoms with E-state index >= 15 is 0 Å². The smallest absolute Gasteiger partial charge is 0.121 e. The molecule has 0 spiro atoms. The molecule has 0 aromatic heterocycles. The molecule has 21 heavy (non-hydrogen) atoms. The zero-order valence-corrected chi connectivity index (χ0v) is 12.7. The van der Waals surface area contributed by atoms with Crippen molar-refractivity contribution >= 4 is 5.69 Å². The second-order valence-electron chi connectivity index (χ2n) is 6.11. The maximum absolute atomic E-state index is 6.16. The Balaban J connectivity index is 1.49. The van der Waals surface area contributed by atoms with Crippen LogP contribution in [0.1, 0.15) is 31.2 Å². The molecule has 2 aliphatic rings. The van der Waals surface area contributed by atoms with E-state index in [1.54, 1.807) is 0 Å². The van der Waals surface area contributed by atoms with Crippen molar-refractivity contribution in [2.45, 2.75) is 38.2 Å². The summed E-state index contributed by atoms with van der Waals surface area (Å²) in [6, 6.07) is 6.09. The summed E-state index contributed by atoms with van der Waals surface area (Å²) in [5.74, 6) is 0.855. The number of rotatable bonds is 6. The van der Waals surface area contributed by atoms with Crippen LogP contribution in [-0.2, 0) is 11.2 Å². The summed E-state index contributed by atoms with van der Waals surface area (Å²) in [6.45, 7) is 5.09. The van der Waals surface area contributed by atoms with E-state index in [2.05, 4.69) is 11.0 Å². The molecule has 2 N–H and O–H groups in total. The zero-order chi connectivity index (χ0) is 14.5. The summed E-state index contributed by atoms with van der Waals surface area (Å²) in [7, 11) is 0. The first kappa shape index (κ1) is 14.7. The lowest BCUT2D eigenvalue weighted by molar-refractivity contribution is 0.0680. The molecule has 0 bridgehead atoms. The van der Waals surface area contributed by atoms with Gasteiger partial charge in [-0.15, -0.1) is 0 Å². The summed E-state index contributed by atoms with van der Waals surface area (Å²) in [5.41, 5.74) is 8.23. The molecular weight excluding hydrogens is 264 g/mol. The molecule has 1 aromatic rings. The molecule has 2 fully saturated rings. The summed E-state index contributed by atoms with van der Waals surface area (Å²) in [6.07, 6.45) is 6.20. The minimum Gasteiger partial charge on any atom is -0.491 e. The molecule has 4 heteroatoms. The SMILES string of the molecule is Nc1cc(OCC2CCCO2)ccc1CCN1CCCC1. The van der Waals surface area contributed by atoms with Crippen LogP contribution >= 0.6 is 0 Å². The van der Waals surface area contributed by atoms with Crippen LogP contribution < -0.4 is 10.5 Å². The normalized spacial score (nSPS) is 22.8. The molecule has 4 nitrogen and oxygen atoms in total. The number of nitrogens with two attached hydrogens (primary N) is 1. The van der Waals surface area contributed by atoms with Gasteiger partial charge in [0.1, 0.15) is 12.4 Å². The first-order valence-electron chi connectivity index (χ1n) is 8.16. The van der Waals surface area contributed by atoms with Gasteiger partial charge in [0.25, 0.3) is 0 Å². The largest absolute Gasteiger partial charge is 0.491 e. The summed E-state index contributed by atoms with van der Waals surface area (Å²) >= 11 is 0. The van der Waals surface area contributed by atoms with Gasteiger partial charge in [-0.3, -0.25) is 0 Å². The molecule has 116 valence electrons. The van der Waals surface area contributed by atoms with E-state index in [0.717, 1.165) is 43.9 Å². The first-order valence-corrected chi connectivity index (χ1v) is 8.16. The van der Waals surface area contributed by atoms with Gasteiger partial charge in [-0.1, -0.05) is 6.07 Å². The van der Waals surface area contributed by atoms with Crippen molar-refractivity contribution in [2.75, 3.05) is 38.6 Å². The molecule has 2 aliphatic heterocycles. The number of ether oxygens (including phenoxy) is 2. The van der Waals surface area contributed by atoms with Crippen molar-refractivity contribution in [2.24, 2.45) is 0 Å². The van der Waals surface area contributed by atoms with Crippen LogP contribution in [0.2, 0.25) is 0 Å². The van der Waals surface area contributed by atoms with Crippen molar-refractivity contribution < 1.29 is 9.47 Å². The molecule has 1 aromatic carbocycles. The number of anilines is 1. The summed E-state index contributed by atoms with van der Waals surface area (Å²) in [4.78, 5) is 2.52. The van der Waals surface area contributed by atoms with Gasteiger partial charge in [0.15, 0.2) is 0 Å². The van der Waals surface area contributed by atoms with Crippen LogP contribution in [0, 0.1) is 0 Å². The zero-order valence-electron chi connectivity index (χ0n) is 12.7. The Hall–Kier alpha value is -1.26. The molecule has 0 saturated carbocycles. The van der Waals surface area contributed by atoms with E-state index < -0.39 is 0 Å². The third kappa shape index (κ3) is 4.11. The van der Waals surface area contributed by atoms with Gasteiger partial charge in [-0.2, -0.15) is 0 Å². The monoisotopic (exact) mass is 290 g/mol. The lowest BCUT2D eigenvalue weighted by Gasteiger charge is -2.16. The van der Waals surface area contributed by atoms with Crippen molar-refractivity contribution in [1.82, 2.24) is 4.90 Å². The molecule has 1 unspecified atom stereocenters. The number of nitrogens with zero attached hydrogens (tertiary/aromatic N) is 1. The Morgan fingerprint density at radius 3 is 2.81 bits per heavy atom. The van der Waals surface area contributed by atoms with Crippen LogP contribution in [0.25, 0.3) is 0 Å². The van der Waals surface area contributed by atoms with Gasteiger partial charge >= 0.3 is 0 Å².